The quantitative estimate of drug-likeness (QED) is 0.717. The largest absolute Gasteiger partial charge is 0.326 e. The van der Waals surface area contributed by atoms with Gasteiger partial charge in [0.2, 0.25) is 5.95 Å². The van der Waals surface area contributed by atoms with Crippen molar-refractivity contribution in [2.24, 2.45) is 0 Å². The molecular formula is C14H12FN3. The molecule has 0 aliphatic carbocycles. The van der Waals surface area contributed by atoms with Crippen molar-refractivity contribution in [3.05, 3.63) is 53.8 Å². The van der Waals surface area contributed by atoms with Crippen molar-refractivity contribution in [2.45, 2.75) is 6.92 Å². The minimum Gasteiger partial charge on any atom is -0.326 e. The van der Waals surface area contributed by atoms with E-state index >= 15 is 0 Å². The average molecular weight is 241 g/mol. The van der Waals surface area contributed by atoms with Crippen molar-refractivity contribution in [3.8, 4) is 0 Å². The first-order valence-corrected chi connectivity index (χ1v) is 5.70. The Hall–Kier alpha value is -2.36. The molecule has 3 aromatic rings. The van der Waals surface area contributed by atoms with E-state index in [1.54, 1.807) is 12.1 Å². The van der Waals surface area contributed by atoms with Crippen molar-refractivity contribution in [1.29, 1.82) is 0 Å². The molecule has 0 saturated carbocycles. The molecule has 0 saturated heterocycles. The molecule has 0 aliphatic heterocycles. The smallest absolute Gasteiger partial charge is 0.205 e. The first kappa shape index (κ1) is 10.8. The maximum atomic E-state index is 12.8. The highest BCUT2D eigenvalue weighted by atomic mass is 19.1. The van der Waals surface area contributed by atoms with Gasteiger partial charge in [0.05, 0.1) is 11.0 Å². The lowest BCUT2D eigenvalue weighted by Gasteiger charge is -2.01. The average Bonchev–Trinajstić information content (AvgIpc) is 2.73. The number of benzene rings is 2. The van der Waals surface area contributed by atoms with Gasteiger partial charge < -0.3 is 10.3 Å². The molecule has 3 nitrogen and oxygen atoms in total. The lowest BCUT2D eigenvalue weighted by Crippen LogP contribution is -1.91. The van der Waals surface area contributed by atoms with Gasteiger partial charge in [-0.25, -0.2) is 9.37 Å². The van der Waals surface area contributed by atoms with E-state index in [2.05, 4.69) is 15.3 Å². The molecule has 0 atom stereocenters. The molecule has 0 fully saturated rings. The summed E-state index contributed by atoms with van der Waals surface area (Å²) >= 11 is 0. The summed E-state index contributed by atoms with van der Waals surface area (Å²) in [5.41, 5.74) is 3.87. The first-order chi connectivity index (χ1) is 8.70. The van der Waals surface area contributed by atoms with Gasteiger partial charge in [-0.1, -0.05) is 6.07 Å². The molecule has 90 valence electrons. The number of aryl methyl sites for hydroxylation is 1. The number of anilines is 2. The fourth-order valence-corrected chi connectivity index (χ4v) is 1.85. The van der Waals surface area contributed by atoms with E-state index in [4.69, 9.17) is 0 Å². The number of nitrogens with one attached hydrogen (secondary N) is 2. The second kappa shape index (κ2) is 4.14. The molecule has 0 radical (unpaired) electrons. The van der Waals surface area contributed by atoms with E-state index < -0.39 is 0 Å². The highest BCUT2D eigenvalue weighted by Crippen LogP contribution is 2.19. The topological polar surface area (TPSA) is 40.7 Å². The SMILES string of the molecule is Cc1ccc2nc(Nc3ccc(F)cc3)[nH]c2c1. The normalized spacial score (nSPS) is 10.8. The Balaban J connectivity index is 1.92. The fraction of sp³-hybridized carbons (Fsp3) is 0.0714. The zero-order chi connectivity index (χ0) is 12.5. The van der Waals surface area contributed by atoms with Gasteiger partial charge in [-0.3, -0.25) is 0 Å². The van der Waals surface area contributed by atoms with Gasteiger partial charge in [0.15, 0.2) is 0 Å². The van der Waals surface area contributed by atoms with Crippen molar-refractivity contribution in [3.63, 3.8) is 0 Å². The Labute approximate surface area is 104 Å². The van der Waals surface area contributed by atoms with Crippen LogP contribution in [-0.4, -0.2) is 9.97 Å². The van der Waals surface area contributed by atoms with Crippen LogP contribution in [0.15, 0.2) is 42.5 Å². The third-order valence-electron chi connectivity index (χ3n) is 2.74. The highest BCUT2D eigenvalue weighted by molar-refractivity contribution is 5.79. The van der Waals surface area contributed by atoms with Crippen LogP contribution in [0.3, 0.4) is 0 Å². The van der Waals surface area contributed by atoms with Crippen molar-refractivity contribution in [1.82, 2.24) is 9.97 Å². The van der Waals surface area contributed by atoms with Crippen LogP contribution in [0.5, 0.6) is 0 Å². The Bertz CT molecular complexity index is 686. The molecule has 4 heteroatoms. The summed E-state index contributed by atoms with van der Waals surface area (Å²) in [6.45, 7) is 2.04. The third kappa shape index (κ3) is 2.05. The number of H-pyrrole nitrogens is 1. The van der Waals surface area contributed by atoms with E-state index in [-0.39, 0.29) is 5.82 Å². The van der Waals surface area contributed by atoms with Gasteiger partial charge in [0.25, 0.3) is 0 Å². The first-order valence-electron chi connectivity index (χ1n) is 5.70. The number of imidazole rings is 1. The predicted molar refractivity (Wildman–Crippen MR) is 70.5 cm³/mol. The lowest BCUT2D eigenvalue weighted by molar-refractivity contribution is 0.628. The van der Waals surface area contributed by atoms with Crippen molar-refractivity contribution < 1.29 is 4.39 Å². The van der Waals surface area contributed by atoms with Crippen LogP contribution in [-0.2, 0) is 0 Å². The zero-order valence-corrected chi connectivity index (χ0v) is 9.87. The van der Waals surface area contributed by atoms with Crippen LogP contribution in [0.2, 0.25) is 0 Å². The second-order valence-corrected chi connectivity index (χ2v) is 4.24. The van der Waals surface area contributed by atoms with Gasteiger partial charge in [0, 0.05) is 5.69 Å². The maximum absolute atomic E-state index is 12.8. The minimum absolute atomic E-state index is 0.249. The van der Waals surface area contributed by atoms with Crippen LogP contribution in [0.4, 0.5) is 16.0 Å². The summed E-state index contributed by atoms with van der Waals surface area (Å²) in [4.78, 5) is 7.59. The number of rotatable bonds is 2. The molecule has 18 heavy (non-hydrogen) atoms. The monoisotopic (exact) mass is 241 g/mol. The Morgan fingerprint density at radius 1 is 1.11 bits per heavy atom. The number of hydrogen-bond acceptors (Lipinski definition) is 2. The van der Waals surface area contributed by atoms with Crippen LogP contribution in [0.1, 0.15) is 5.56 Å². The second-order valence-electron chi connectivity index (χ2n) is 4.24. The van der Waals surface area contributed by atoms with Gasteiger partial charge in [-0.2, -0.15) is 0 Å². The molecule has 0 spiro atoms. The molecule has 0 bridgehead atoms. The molecule has 3 rings (SSSR count). The van der Waals surface area contributed by atoms with E-state index in [0.717, 1.165) is 16.7 Å². The molecule has 0 amide bonds. The van der Waals surface area contributed by atoms with Gasteiger partial charge in [0.1, 0.15) is 5.82 Å². The summed E-state index contributed by atoms with van der Waals surface area (Å²) in [5.74, 6) is 0.406. The molecule has 2 aromatic carbocycles. The maximum Gasteiger partial charge on any atom is 0.205 e. The van der Waals surface area contributed by atoms with Crippen LogP contribution in [0, 0.1) is 12.7 Å². The number of hydrogen-bond donors (Lipinski definition) is 2. The Kier molecular flexibility index (Phi) is 2.48. The molecular weight excluding hydrogens is 229 g/mol. The Morgan fingerprint density at radius 3 is 2.67 bits per heavy atom. The van der Waals surface area contributed by atoms with E-state index in [9.17, 15) is 4.39 Å². The fourth-order valence-electron chi connectivity index (χ4n) is 1.85. The minimum atomic E-state index is -0.249. The summed E-state index contributed by atoms with van der Waals surface area (Å²) in [5, 5.41) is 3.11. The molecule has 0 unspecified atom stereocenters. The van der Waals surface area contributed by atoms with E-state index in [0.29, 0.717) is 5.95 Å². The lowest BCUT2D eigenvalue weighted by atomic mass is 10.2. The number of halogens is 1. The van der Waals surface area contributed by atoms with Crippen LogP contribution < -0.4 is 5.32 Å². The van der Waals surface area contributed by atoms with Crippen LogP contribution in [0.25, 0.3) is 11.0 Å². The number of fused-ring (bicyclic) bond motifs is 1. The number of nitrogens with zero attached hydrogens (tertiary/aromatic N) is 1. The summed E-state index contributed by atoms with van der Waals surface area (Å²) in [7, 11) is 0. The molecule has 1 heterocycles. The molecule has 1 aromatic heterocycles. The Morgan fingerprint density at radius 2 is 1.89 bits per heavy atom. The van der Waals surface area contributed by atoms with E-state index in [1.165, 1.54) is 17.7 Å². The standard InChI is InChI=1S/C14H12FN3/c1-9-2-7-12-13(8-9)18-14(17-12)16-11-5-3-10(15)4-6-11/h2-8H,1H3,(H2,16,17,18). The summed E-state index contributed by atoms with van der Waals surface area (Å²) in [6, 6.07) is 12.2. The van der Waals surface area contributed by atoms with Gasteiger partial charge >= 0.3 is 0 Å². The number of aromatic nitrogens is 2. The van der Waals surface area contributed by atoms with E-state index in [1.807, 2.05) is 25.1 Å². The molecule has 0 aliphatic rings. The predicted octanol–water partition coefficient (Wildman–Crippen LogP) is 3.75. The summed E-state index contributed by atoms with van der Waals surface area (Å²) < 4.78 is 12.8. The van der Waals surface area contributed by atoms with Gasteiger partial charge in [-0.15, -0.1) is 0 Å². The summed E-state index contributed by atoms with van der Waals surface area (Å²) in [6.07, 6.45) is 0. The van der Waals surface area contributed by atoms with Crippen molar-refractivity contribution >= 4 is 22.7 Å². The van der Waals surface area contributed by atoms with Crippen LogP contribution >= 0.6 is 0 Å². The van der Waals surface area contributed by atoms with Crippen molar-refractivity contribution in [2.75, 3.05) is 5.32 Å². The third-order valence-corrected chi connectivity index (χ3v) is 2.74. The molecule has 2 N–H and O–H groups in total. The van der Waals surface area contributed by atoms with Gasteiger partial charge in [-0.05, 0) is 48.9 Å². The zero-order valence-electron chi connectivity index (χ0n) is 9.87. The number of aromatic amines is 1. The highest BCUT2D eigenvalue weighted by Gasteiger charge is 2.03.